The van der Waals surface area contributed by atoms with Crippen molar-refractivity contribution in [2.24, 2.45) is 0 Å². The number of anilines is 1. The monoisotopic (exact) mass is 229 g/mol. The highest BCUT2D eigenvalue weighted by atomic mass is 79.9. The van der Waals surface area contributed by atoms with E-state index in [0.717, 1.165) is 4.47 Å². The average Bonchev–Trinajstić information content (AvgIpc) is 2.09. The molecule has 0 aromatic heterocycles. The SMILES string of the molecule is COC(=O)Nc1ccccc1Br. The average molecular weight is 230 g/mol. The van der Waals surface area contributed by atoms with Crippen molar-refractivity contribution < 1.29 is 9.53 Å². The van der Waals surface area contributed by atoms with Gasteiger partial charge in [-0.25, -0.2) is 4.79 Å². The van der Waals surface area contributed by atoms with Crippen molar-refractivity contribution in [1.82, 2.24) is 0 Å². The summed E-state index contributed by atoms with van der Waals surface area (Å²) in [6.07, 6.45) is -0.470. The third kappa shape index (κ3) is 2.23. The number of halogens is 1. The highest BCUT2D eigenvalue weighted by Crippen LogP contribution is 2.20. The maximum atomic E-state index is 10.8. The van der Waals surface area contributed by atoms with Crippen LogP contribution in [0.3, 0.4) is 0 Å². The van der Waals surface area contributed by atoms with Crippen molar-refractivity contribution >= 4 is 27.7 Å². The van der Waals surface area contributed by atoms with Crippen LogP contribution in [0.1, 0.15) is 0 Å². The Kier molecular flexibility index (Phi) is 3.10. The molecule has 0 saturated carbocycles. The highest BCUT2D eigenvalue weighted by molar-refractivity contribution is 9.10. The summed E-state index contributed by atoms with van der Waals surface area (Å²) in [6, 6.07) is 7.31. The van der Waals surface area contributed by atoms with E-state index in [1.807, 2.05) is 18.2 Å². The molecule has 0 bridgehead atoms. The van der Waals surface area contributed by atoms with Crippen molar-refractivity contribution in [3.05, 3.63) is 28.7 Å². The molecule has 1 aromatic rings. The Hall–Kier alpha value is -1.03. The molecule has 0 atom stereocenters. The van der Waals surface area contributed by atoms with Crippen molar-refractivity contribution in [1.29, 1.82) is 0 Å². The van der Waals surface area contributed by atoms with Crippen LogP contribution in [-0.2, 0) is 4.74 Å². The topological polar surface area (TPSA) is 38.3 Å². The summed E-state index contributed by atoms with van der Waals surface area (Å²) in [7, 11) is 1.33. The molecule has 0 aliphatic carbocycles. The molecule has 0 aliphatic heterocycles. The van der Waals surface area contributed by atoms with Crippen LogP contribution in [0.15, 0.2) is 28.7 Å². The summed E-state index contributed by atoms with van der Waals surface area (Å²) >= 11 is 3.28. The van der Waals surface area contributed by atoms with Gasteiger partial charge in [0.15, 0.2) is 0 Å². The third-order valence-corrected chi connectivity index (χ3v) is 1.99. The van der Waals surface area contributed by atoms with Crippen LogP contribution >= 0.6 is 15.9 Å². The summed E-state index contributed by atoms with van der Waals surface area (Å²) in [4.78, 5) is 10.8. The van der Waals surface area contributed by atoms with E-state index in [4.69, 9.17) is 0 Å². The Morgan fingerprint density at radius 2 is 2.17 bits per heavy atom. The predicted molar refractivity (Wildman–Crippen MR) is 50.2 cm³/mol. The first kappa shape index (κ1) is 9.06. The molecule has 1 rings (SSSR count). The van der Waals surface area contributed by atoms with Gasteiger partial charge in [-0.15, -0.1) is 0 Å². The summed E-state index contributed by atoms with van der Waals surface area (Å²) in [5.74, 6) is 0. The highest BCUT2D eigenvalue weighted by Gasteiger charge is 2.02. The minimum absolute atomic E-state index is 0.470. The molecule has 0 fully saturated rings. The summed E-state index contributed by atoms with van der Waals surface area (Å²) in [6.45, 7) is 0. The first-order chi connectivity index (χ1) is 5.74. The summed E-state index contributed by atoms with van der Waals surface area (Å²) < 4.78 is 5.27. The minimum atomic E-state index is -0.470. The van der Waals surface area contributed by atoms with Crippen LogP contribution in [-0.4, -0.2) is 13.2 Å². The van der Waals surface area contributed by atoms with E-state index in [9.17, 15) is 4.79 Å². The summed E-state index contributed by atoms with van der Waals surface area (Å²) in [5.41, 5.74) is 0.698. The van der Waals surface area contributed by atoms with Crippen molar-refractivity contribution in [3.8, 4) is 0 Å². The largest absolute Gasteiger partial charge is 0.453 e. The van der Waals surface area contributed by atoms with E-state index in [1.165, 1.54) is 7.11 Å². The number of carbonyl (C=O) groups is 1. The molecule has 1 aromatic carbocycles. The van der Waals surface area contributed by atoms with Gasteiger partial charge in [0.25, 0.3) is 0 Å². The zero-order valence-electron chi connectivity index (χ0n) is 6.50. The second-order valence-electron chi connectivity index (χ2n) is 2.10. The molecule has 12 heavy (non-hydrogen) atoms. The van der Waals surface area contributed by atoms with Gasteiger partial charge < -0.3 is 4.74 Å². The van der Waals surface area contributed by atoms with Crippen molar-refractivity contribution in [2.75, 3.05) is 12.4 Å². The lowest BCUT2D eigenvalue weighted by Crippen LogP contribution is -2.11. The number of hydrogen-bond donors (Lipinski definition) is 1. The molecular formula is C8H8BrNO2. The molecule has 1 N–H and O–H groups in total. The first-order valence-electron chi connectivity index (χ1n) is 3.33. The fourth-order valence-electron chi connectivity index (χ4n) is 0.724. The molecule has 64 valence electrons. The van der Waals surface area contributed by atoms with Crippen molar-refractivity contribution in [3.63, 3.8) is 0 Å². The van der Waals surface area contributed by atoms with E-state index in [0.29, 0.717) is 5.69 Å². The number of benzene rings is 1. The lowest BCUT2D eigenvalue weighted by Gasteiger charge is -2.04. The van der Waals surface area contributed by atoms with Gasteiger partial charge >= 0.3 is 6.09 Å². The lowest BCUT2D eigenvalue weighted by molar-refractivity contribution is 0.187. The van der Waals surface area contributed by atoms with Gasteiger partial charge in [-0.3, -0.25) is 5.32 Å². The Labute approximate surface area is 78.9 Å². The number of hydrogen-bond acceptors (Lipinski definition) is 2. The quantitative estimate of drug-likeness (QED) is 0.805. The zero-order chi connectivity index (χ0) is 8.97. The Morgan fingerprint density at radius 1 is 1.50 bits per heavy atom. The first-order valence-corrected chi connectivity index (χ1v) is 4.13. The van der Waals surface area contributed by atoms with E-state index in [2.05, 4.69) is 26.0 Å². The van der Waals surface area contributed by atoms with Gasteiger partial charge in [0, 0.05) is 4.47 Å². The molecule has 0 aliphatic rings. The van der Waals surface area contributed by atoms with Gasteiger partial charge in [-0.1, -0.05) is 12.1 Å². The maximum Gasteiger partial charge on any atom is 0.411 e. The van der Waals surface area contributed by atoms with Gasteiger partial charge in [0.05, 0.1) is 12.8 Å². The normalized spacial score (nSPS) is 9.17. The van der Waals surface area contributed by atoms with Crippen molar-refractivity contribution in [2.45, 2.75) is 0 Å². The Bertz CT molecular complexity index is 288. The van der Waals surface area contributed by atoms with E-state index in [-0.39, 0.29) is 0 Å². The van der Waals surface area contributed by atoms with Gasteiger partial charge in [-0.2, -0.15) is 0 Å². The summed E-state index contributed by atoms with van der Waals surface area (Å²) in [5, 5.41) is 2.55. The number of carbonyl (C=O) groups excluding carboxylic acids is 1. The second-order valence-corrected chi connectivity index (χ2v) is 2.95. The molecular weight excluding hydrogens is 222 g/mol. The third-order valence-electron chi connectivity index (χ3n) is 1.30. The molecule has 0 unspecified atom stereocenters. The van der Waals surface area contributed by atoms with E-state index in [1.54, 1.807) is 6.07 Å². The number of rotatable bonds is 1. The smallest absolute Gasteiger partial charge is 0.411 e. The van der Waals surface area contributed by atoms with Crippen LogP contribution < -0.4 is 5.32 Å². The molecule has 1 amide bonds. The molecule has 0 radical (unpaired) electrons. The second kappa shape index (κ2) is 4.11. The number of nitrogens with one attached hydrogen (secondary N) is 1. The Balaban J connectivity index is 2.75. The predicted octanol–water partition coefficient (Wildman–Crippen LogP) is 2.63. The molecule has 0 spiro atoms. The van der Waals surface area contributed by atoms with Gasteiger partial charge in [0.2, 0.25) is 0 Å². The van der Waals surface area contributed by atoms with Crippen LogP contribution in [0, 0.1) is 0 Å². The number of para-hydroxylation sites is 1. The Morgan fingerprint density at radius 3 is 2.75 bits per heavy atom. The van der Waals surface area contributed by atoms with Crippen LogP contribution in [0.5, 0.6) is 0 Å². The fraction of sp³-hybridized carbons (Fsp3) is 0.125. The fourth-order valence-corrected chi connectivity index (χ4v) is 1.11. The molecule has 0 heterocycles. The number of ether oxygens (including phenoxy) is 1. The van der Waals surface area contributed by atoms with Crippen LogP contribution in [0.4, 0.5) is 10.5 Å². The standard InChI is InChI=1S/C8H8BrNO2/c1-12-8(11)10-7-5-3-2-4-6(7)9/h2-5H,1H3,(H,10,11). The number of amides is 1. The molecule has 0 saturated heterocycles. The van der Waals surface area contributed by atoms with Gasteiger partial charge in [-0.05, 0) is 28.1 Å². The van der Waals surface area contributed by atoms with E-state index >= 15 is 0 Å². The molecule has 3 nitrogen and oxygen atoms in total. The minimum Gasteiger partial charge on any atom is -0.453 e. The maximum absolute atomic E-state index is 10.8. The van der Waals surface area contributed by atoms with Crippen LogP contribution in [0.25, 0.3) is 0 Å². The van der Waals surface area contributed by atoms with Crippen LogP contribution in [0.2, 0.25) is 0 Å². The zero-order valence-corrected chi connectivity index (χ0v) is 8.09. The van der Waals surface area contributed by atoms with Gasteiger partial charge in [0.1, 0.15) is 0 Å². The lowest BCUT2D eigenvalue weighted by atomic mass is 10.3. The van der Waals surface area contributed by atoms with E-state index < -0.39 is 6.09 Å². The molecule has 4 heteroatoms. The number of methoxy groups -OCH3 is 1.